The number of esters is 1. The highest BCUT2D eigenvalue weighted by molar-refractivity contribution is 7.14. The molecule has 8 heteroatoms. The van der Waals surface area contributed by atoms with Gasteiger partial charge in [0.1, 0.15) is 11.2 Å². The van der Waals surface area contributed by atoms with E-state index in [2.05, 4.69) is 14.8 Å². The highest BCUT2D eigenvalue weighted by Gasteiger charge is 2.14. The third kappa shape index (κ3) is 2.79. The molecular weight excluding hydrogens is 270 g/mol. The topological polar surface area (TPSA) is 94.3 Å². The van der Waals surface area contributed by atoms with Gasteiger partial charge in [-0.2, -0.15) is 0 Å². The number of carbonyl (C=O) groups excluding carboxylic acids is 1. The number of carbonyl (C=O) groups is 2. The summed E-state index contributed by atoms with van der Waals surface area (Å²) < 4.78 is 5.97. The van der Waals surface area contributed by atoms with E-state index >= 15 is 0 Å². The number of nitrogens with zero attached hydrogens (tertiary/aromatic N) is 3. The summed E-state index contributed by atoms with van der Waals surface area (Å²) in [5, 5.41) is 12.9. The zero-order valence-electron chi connectivity index (χ0n) is 10.3. The number of aromatic nitrogens is 3. The minimum absolute atomic E-state index is 0.0196. The molecule has 0 unspecified atom stereocenters. The number of carboxylic acids is 1. The van der Waals surface area contributed by atoms with Gasteiger partial charge < -0.3 is 9.84 Å². The Kier molecular flexibility index (Phi) is 3.61. The van der Waals surface area contributed by atoms with Crippen molar-refractivity contribution in [3.63, 3.8) is 0 Å². The van der Waals surface area contributed by atoms with Gasteiger partial charge in [0.15, 0.2) is 0 Å². The SMILES string of the molecule is COC(=O)c1ncn(Cc2cc(C(=O)O)sc2C)n1. The van der Waals surface area contributed by atoms with Crippen LogP contribution in [0, 0.1) is 6.92 Å². The van der Waals surface area contributed by atoms with Crippen LogP contribution in [-0.4, -0.2) is 38.9 Å². The van der Waals surface area contributed by atoms with Gasteiger partial charge in [0.05, 0.1) is 13.7 Å². The lowest BCUT2D eigenvalue weighted by molar-refractivity contribution is 0.0585. The van der Waals surface area contributed by atoms with Crippen molar-refractivity contribution in [3.8, 4) is 0 Å². The monoisotopic (exact) mass is 281 g/mol. The summed E-state index contributed by atoms with van der Waals surface area (Å²) in [7, 11) is 1.26. The highest BCUT2D eigenvalue weighted by atomic mass is 32.1. The molecule has 0 aliphatic carbocycles. The summed E-state index contributed by atoms with van der Waals surface area (Å²) in [6, 6.07) is 1.60. The van der Waals surface area contributed by atoms with Gasteiger partial charge in [-0.15, -0.1) is 16.4 Å². The fraction of sp³-hybridized carbons (Fsp3) is 0.273. The van der Waals surface area contributed by atoms with Crippen LogP contribution in [0.4, 0.5) is 0 Å². The second-order valence-corrected chi connectivity index (χ2v) is 5.01. The molecule has 1 N–H and O–H groups in total. The van der Waals surface area contributed by atoms with E-state index in [1.807, 2.05) is 6.92 Å². The fourth-order valence-corrected chi connectivity index (χ4v) is 2.39. The summed E-state index contributed by atoms with van der Waals surface area (Å²) in [6.07, 6.45) is 1.41. The number of thiophene rings is 1. The number of carboxylic acid groups (broad SMARTS) is 1. The Morgan fingerprint density at radius 2 is 2.26 bits per heavy atom. The predicted octanol–water partition coefficient (Wildman–Crippen LogP) is 1.18. The molecule has 19 heavy (non-hydrogen) atoms. The molecule has 0 aliphatic heterocycles. The number of ether oxygens (including phenoxy) is 1. The molecule has 2 rings (SSSR count). The van der Waals surface area contributed by atoms with Gasteiger partial charge in [-0.25, -0.2) is 19.3 Å². The van der Waals surface area contributed by atoms with Crippen LogP contribution >= 0.6 is 11.3 Å². The Morgan fingerprint density at radius 3 is 2.84 bits per heavy atom. The van der Waals surface area contributed by atoms with Crippen LogP contribution in [0.15, 0.2) is 12.4 Å². The molecule has 0 spiro atoms. The van der Waals surface area contributed by atoms with Crippen molar-refractivity contribution in [3.05, 3.63) is 33.5 Å². The molecule has 2 aromatic rings. The Morgan fingerprint density at radius 1 is 1.53 bits per heavy atom. The lowest BCUT2D eigenvalue weighted by Gasteiger charge is -1.98. The zero-order chi connectivity index (χ0) is 14.0. The van der Waals surface area contributed by atoms with Crippen LogP contribution in [0.5, 0.6) is 0 Å². The van der Waals surface area contributed by atoms with Gasteiger partial charge >= 0.3 is 11.9 Å². The minimum atomic E-state index is -0.951. The van der Waals surface area contributed by atoms with Crippen LogP contribution in [0.3, 0.4) is 0 Å². The van der Waals surface area contributed by atoms with Crippen molar-refractivity contribution in [2.24, 2.45) is 0 Å². The molecule has 0 saturated heterocycles. The quantitative estimate of drug-likeness (QED) is 0.846. The highest BCUT2D eigenvalue weighted by Crippen LogP contribution is 2.22. The van der Waals surface area contributed by atoms with Gasteiger partial charge in [0.2, 0.25) is 0 Å². The Hall–Kier alpha value is -2.22. The van der Waals surface area contributed by atoms with E-state index in [0.29, 0.717) is 6.54 Å². The van der Waals surface area contributed by atoms with E-state index in [-0.39, 0.29) is 10.7 Å². The number of methoxy groups -OCH3 is 1. The maximum Gasteiger partial charge on any atom is 0.377 e. The molecule has 0 amide bonds. The second kappa shape index (κ2) is 5.19. The average molecular weight is 281 g/mol. The van der Waals surface area contributed by atoms with Crippen molar-refractivity contribution < 1.29 is 19.4 Å². The maximum atomic E-state index is 11.2. The van der Waals surface area contributed by atoms with Gasteiger partial charge in [0.25, 0.3) is 5.82 Å². The van der Waals surface area contributed by atoms with Gasteiger partial charge in [-0.3, -0.25) is 0 Å². The summed E-state index contributed by atoms with van der Waals surface area (Å²) in [6.45, 7) is 2.20. The molecule has 2 aromatic heterocycles. The summed E-state index contributed by atoms with van der Waals surface area (Å²) in [5.74, 6) is -1.57. The zero-order valence-corrected chi connectivity index (χ0v) is 11.1. The van der Waals surface area contributed by atoms with E-state index in [9.17, 15) is 9.59 Å². The Balaban J connectivity index is 2.19. The molecule has 0 radical (unpaired) electrons. The van der Waals surface area contributed by atoms with Crippen LogP contribution in [-0.2, 0) is 11.3 Å². The van der Waals surface area contributed by atoms with Gasteiger partial charge in [-0.05, 0) is 18.6 Å². The van der Waals surface area contributed by atoms with Crippen molar-refractivity contribution >= 4 is 23.3 Å². The molecule has 0 bridgehead atoms. The second-order valence-electron chi connectivity index (χ2n) is 3.75. The summed E-state index contributed by atoms with van der Waals surface area (Å²) in [5.41, 5.74) is 0.837. The van der Waals surface area contributed by atoms with E-state index < -0.39 is 11.9 Å². The molecule has 7 nitrogen and oxygen atoms in total. The van der Waals surface area contributed by atoms with Crippen LogP contribution in [0.2, 0.25) is 0 Å². The molecule has 0 aromatic carbocycles. The lowest BCUT2D eigenvalue weighted by Crippen LogP contribution is -2.06. The first-order valence-corrected chi connectivity index (χ1v) is 6.13. The van der Waals surface area contributed by atoms with Gasteiger partial charge in [0, 0.05) is 4.88 Å². The number of hydrogen-bond acceptors (Lipinski definition) is 6. The third-order valence-electron chi connectivity index (χ3n) is 2.47. The fourth-order valence-electron chi connectivity index (χ4n) is 1.51. The molecule has 100 valence electrons. The molecule has 0 fully saturated rings. The van der Waals surface area contributed by atoms with Crippen LogP contribution in [0.25, 0.3) is 0 Å². The molecular formula is C11H11N3O4S. The van der Waals surface area contributed by atoms with Crippen molar-refractivity contribution in [2.45, 2.75) is 13.5 Å². The average Bonchev–Trinajstić information content (AvgIpc) is 2.97. The molecule has 0 atom stereocenters. The lowest BCUT2D eigenvalue weighted by atomic mass is 10.2. The first kappa shape index (κ1) is 13.2. The summed E-state index contributed by atoms with van der Waals surface area (Å²) in [4.78, 5) is 27.1. The van der Waals surface area contributed by atoms with E-state index in [0.717, 1.165) is 10.4 Å². The standard InChI is InChI=1S/C11H11N3O4S/c1-6-7(3-8(19-6)10(15)16)4-14-5-12-9(13-14)11(17)18-2/h3,5H,4H2,1-2H3,(H,15,16). The maximum absolute atomic E-state index is 11.2. The number of rotatable bonds is 4. The number of aryl methyl sites for hydroxylation is 1. The third-order valence-corrected chi connectivity index (χ3v) is 3.55. The van der Waals surface area contributed by atoms with Gasteiger partial charge in [-0.1, -0.05) is 0 Å². The number of aromatic carboxylic acids is 1. The Labute approximate surface area is 112 Å². The van der Waals surface area contributed by atoms with Crippen LogP contribution in [0.1, 0.15) is 30.7 Å². The first-order chi connectivity index (χ1) is 9.01. The molecule has 0 saturated carbocycles. The van der Waals surface area contributed by atoms with Crippen molar-refractivity contribution in [1.29, 1.82) is 0 Å². The first-order valence-electron chi connectivity index (χ1n) is 5.31. The smallest absolute Gasteiger partial charge is 0.377 e. The minimum Gasteiger partial charge on any atom is -0.477 e. The van der Waals surface area contributed by atoms with E-state index in [1.165, 1.54) is 29.5 Å². The largest absolute Gasteiger partial charge is 0.477 e. The van der Waals surface area contributed by atoms with Crippen molar-refractivity contribution in [1.82, 2.24) is 14.8 Å². The number of hydrogen-bond donors (Lipinski definition) is 1. The Bertz CT molecular complexity index is 632. The normalized spacial score (nSPS) is 10.4. The van der Waals surface area contributed by atoms with Crippen LogP contribution < -0.4 is 0 Å². The van der Waals surface area contributed by atoms with Crippen molar-refractivity contribution in [2.75, 3.05) is 7.11 Å². The molecule has 2 heterocycles. The van der Waals surface area contributed by atoms with E-state index in [1.54, 1.807) is 6.07 Å². The molecule has 0 aliphatic rings. The predicted molar refractivity (Wildman–Crippen MR) is 66.5 cm³/mol. The van der Waals surface area contributed by atoms with E-state index in [4.69, 9.17) is 5.11 Å². The summed E-state index contributed by atoms with van der Waals surface area (Å²) >= 11 is 1.21.